The van der Waals surface area contributed by atoms with Gasteiger partial charge in [0.25, 0.3) is 0 Å². The van der Waals surface area contributed by atoms with Crippen LogP contribution in [0.2, 0.25) is 0 Å². The zero-order chi connectivity index (χ0) is 16.8. The Morgan fingerprint density at radius 2 is 2.05 bits per heavy atom. The smallest absolute Gasteiger partial charge is 0.407 e. The summed E-state index contributed by atoms with van der Waals surface area (Å²) in [5.74, 6) is -0.960. The summed E-state index contributed by atoms with van der Waals surface area (Å²) in [4.78, 5) is 22.3. The lowest BCUT2D eigenvalue weighted by Gasteiger charge is -2.19. The van der Waals surface area contributed by atoms with E-state index in [0.717, 1.165) is 5.56 Å². The van der Waals surface area contributed by atoms with Gasteiger partial charge in [0.1, 0.15) is 5.60 Å². The molecule has 0 aliphatic heterocycles. The molecule has 22 heavy (non-hydrogen) atoms. The van der Waals surface area contributed by atoms with Crippen molar-refractivity contribution in [2.45, 2.75) is 32.8 Å². The van der Waals surface area contributed by atoms with E-state index in [0.29, 0.717) is 17.4 Å². The molecular formula is C16H20BrNO4. The Bertz CT molecular complexity index is 576. The third-order valence-corrected chi connectivity index (χ3v) is 3.21. The van der Waals surface area contributed by atoms with Crippen LogP contribution in [0, 0.1) is 0 Å². The van der Waals surface area contributed by atoms with Gasteiger partial charge in [-0.15, -0.1) is 0 Å². The highest BCUT2D eigenvalue weighted by atomic mass is 79.9. The van der Waals surface area contributed by atoms with Crippen LogP contribution in [0.25, 0.3) is 6.08 Å². The summed E-state index contributed by atoms with van der Waals surface area (Å²) in [5.41, 5.74) is 0.606. The summed E-state index contributed by atoms with van der Waals surface area (Å²) >= 11 is 3.34. The van der Waals surface area contributed by atoms with E-state index in [2.05, 4.69) is 21.2 Å². The van der Waals surface area contributed by atoms with Crippen LogP contribution in [-0.2, 0) is 4.74 Å². The first kappa shape index (κ1) is 18.2. The molecule has 0 radical (unpaired) electrons. The van der Waals surface area contributed by atoms with Gasteiger partial charge in [-0.2, -0.15) is 0 Å². The summed E-state index contributed by atoms with van der Waals surface area (Å²) in [7, 11) is 0. The van der Waals surface area contributed by atoms with Crippen LogP contribution in [0.5, 0.6) is 0 Å². The van der Waals surface area contributed by atoms with Crippen molar-refractivity contribution in [3.63, 3.8) is 0 Å². The molecule has 0 spiro atoms. The number of amides is 1. The molecule has 0 aliphatic rings. The number of hydrogen-bond acceptors (Lipinski definition) is 3. The number of carboxylic acid groups (broad SMARTS) is 1. The summed E-state index contributed by atoms with van der Waals surface area (Å²) < 4.78 is 5.83. The molecule has 2 N–H and O–H groups in total. The highest BCUT2D eigenvalue weighted by molar-refractivity contribution is 9.10. The standard InChI is InChI=1S/C16H20BrNO4/c1-16(2,3)22-15(21)18-9-5-4-6-11-7-8-12(14(19)20)10-13(11)17/h4,6-8,10H,5,9H2,1-3H3,(H,18,21)(H,19,20). The summed E-state index contributed by atoms with van der Waals surface area (Å²) in [6.45, 7) is 5.90. The molecule has 1 aromatic carbocycles. The topological polar surface area (TPSA) is 75.6 Å². The Morgan fingerprint density at radius 1 is 1.36 bits per heavy atom. The van der Waals surface area contributed by atoms with Crippen LogP contribution in [0.3, 0.4) is 0 Å². The molecule has 0 atom stereocenters. The first-order chi connectivity index (χ1) is 10.2. The van der Waals surface area contributed by atoms with Crippen molar-refractivity contribution in [2.24, 2.45) is 0 Å². The lowest BCUT2D eigenvalue weighted by molar-refractivity contribution is 0.0528. The van der Waals surface area contributed by atoms with Crippen molar-refractivity contribution in [3.8, 4) is 0 Å². The molecule has 1 aromatic rings. The van der Waals surface area contributed by atoms with Crippen LogP contribution in [0.1, 0.15) is 43.1 Å². The fraction of sp³-hybridized carbons (Fsp3) is 0.375. The summed E-state index contributed by atoms with van der Waals surface area (Å²) in [5, 5.41) is 11.6. The number of halogens is 1. The lowest BCUT2D eigenvalue weighted by Crippen LogP contribution is -2.32. The van der Waals surface area contributed by atoms with E-state index in [1.54, 1.807) is 18.2 Å². The largest absolute Gasteiger partial charge is 0.478 e. The molecule has 0 saturated heterocycles. The van der Waals surface area contributed by atoms with Crippen LogP contribution in [0.4, 0.5) is 4.79 Å². The minimum absolute atomic E-state index is 0.232. The second-order valence-corrected chi connectivity index (χ2v) is 6.52. The van der Waals surface area contributed by atoms with Crippen molar-refractivity contribution >= 4 is 34.1 Å². The minimum atomic E-state index is -0.960. The van der Waals surface area contributed by atoms with Gasteiger partial charge in [0.05, 0.1) is 5.56 Å². The van der Waals surface area contributed by atoms with Gasteiger partial charge in [0.2, 0.25) is 0 Å². The molecule has 1 amide bonds. The molecule has 120 valence electrons. The third kappa shape index (κ3) is 6.76. The zero-order valence-corrected chi connectivity index (χ0v) is 14.4. The Kier molecular flexibility index (Phi) is 6.61. The molecule has 1 rings (SSSR count). The van der Waals surface area contributed by atoms with E-state index >= 15 is 0 Å². The Hall–Kier alpha value is -1.82. The minimum Gasteiger partial charge on any atom is -0.478 e. The zero-order valence-electron chi connectivity index (χ0n) is 12.9. The molecule has 0 bridgehead atoms. The van der Waals surface area contributed by atoms with Gasteiger partial charge in [-0.1, -0.05) is 34.1 Å². The fourth-order valence-corrected chi connectivity index (χ4v) is 2.09. The van der Waals surface area contributed by atoms with Crippen LogP contribution >= 0.6 is 15.9 Å². The molecule has 0 unspecified atom stereocenters. The third-order valence-electron chi connectivity index (χ3n) is 2.52. The van der Waals surface area contributed by atoms with E-state index in [1.165, 1.54) is 0 Å². The average Bonchev–Trinajstić information content (AvgIpc) is 2.37. The Labute approximate surface area is 138 Å². The van der Waals surface area contributed by atoms with Crippen molar-refractivity contribution in [2.75, 3.05) is 6.54 Å². The number of hydrogen-bond donors (Lipinski definition) is 2. The maximum Gasteiger partial charge on any atom is 0.407 e. The quantitative estimate of drug-likeness (QED) is 0.766. The molecular weight excluding hydrogens is 350 g/mol. The van der Waals surface area contributed by atoms with Crippen molar-refractivity contribution in [1.82, 2.24) is 5.32 Å². The van der Waals surface area contributed by atoms with Gasteiger partial charge < -0.3 is 15.2 Å². The maximum absolute atomic E-state index is 11.4. The second-order valence-electron chi connectivity index (χ2n) is 5.66. The van der Waals surface area contributed by atoms with Gasteiger partial charge >= 0.3 is 12.1 Å². The number of rotatable bonds is 5. The van der Waals surface area contributed by atoms with Gasteiger partial charge in [0.15, 0.2) is 0 Å². The molecule has 0 heterocycles. The first-order valence-corrected chi connectivity index (χ1v) is 7.64. The molecule has 6 heteroatoms. The molecule has 0 fully saturated rings. The molecule has 0 aromatic heterocycles. The van der Waals surface area contributed by atoms with E-state index in [4.69, 9.17) is 9.84 Å². The second kappa shape index (κ2) is 7.98. The maximum atomic E-state index is 11.4. The molecule has 5 nitrogen and oxygen atoms in total. The van der Waals surface area contributed by atoms with E-state index in [9.17, 15) is 9.59 Å². The highest BCUT2D eigenvalue weighted by Crippen LogP contribution is 2.20. The highest BCUT2D eigenvalue weighted by Gasteiger charge is 2.15. The molecule has 0 aliphatic carbocycles. The number of carbonyl (C=O) groups excluding carboxylic acids is 1. The first-order valence-electron chi connectivity index (χ1n) is 6.85. The van der Waals surface area contributed by atoms with E-state index in [1.807, 2.05) is 32.9 Å². The van der Waals surface area contributed by atoms with Crippen molar-refractivity contribution in [3.05, 3.63) is 39.9 Å². The normalized spacial score (nSPS) is 11.5. The van der Waals surface area contributed by atoms with Gasteiger partial charge in [-0.05, 0) is 44.9 Å². The predicted molar refractivity (Wildman–Crippen MR) is 89.0 cm³/mol. The van der Waals surface area contributed by atoms with Gasteiger partial charge in [-0.25, -0.2) is 9.59 Å². The van der Waals surface area contributed by atoms with Gasteiger partial charge in [0, 0.05) is 11.0 Å². The van der Waals surface area contributed by atoms with Crippen LogP contribution in [0.15, 0.2) is 28.7 Å². The Morgan fingerprint density at radius 3 is 2.59 bits per heavy atom. The van der Waals surface area contributed by atoms with Crippen LogP contribution in [-0.4, -0.2) is 29.3 Å². The lowest BCUT2D eigenvalue weighted by atomic mass is 10.1. The number of carbonyl (C=O) groups is 2. The number of ether oxygens (including phenoxy) is 1. The number of alkyl carbamates (subject to hydrolysis) is 1. The molecule has 0 saturated carbocycles. The predicted octanol–water partition coefficient (Wildman–Crippen LogP) is 4.08. The van der Waals surface area contributed by atoms with E-state index in [-0.39, 0.29) is 5.56 Å². The van der Waals surface area contributed by atoms with Crippen molar-refractivity contribution in [1.29, 1.82) is 0 Å². The summed E-state index contributed by atoms with van der Waals surface area (Å²) in [6.07, 6.45) is 3.98. The number of aromatic carboxylic acids is 1. The van der Waals surface area contributed by atoms with E-state index < -0.39 is 17.7 Å². The van der Waals surface area contributed by atoms with Gasteiger partial charge in [-0.3, -0.25) is 0 Å². The Balaban J connectivity index is 2.44. The fourth-order valence-electron chi connectivity index (χ4n) is 1.58. The average molecular weight is 370 g/mol. The van der Waals surface area contributed by atoms with Crippen LogP contribution < -0.4 is 5.32 Å². The number of carboxylic acids is 1. The SMILES string of the molecule is CC(C)(C)OC(=O)NCCC=Cc1ccc(C(=O)O)cc1Br. The number of nitrogens with one attached hydrogen (secondary N) is 1. The monoisotopic (exact) mass is 369 g/mol. The van der Waals surface area contributed by atoms with Crippen molar-refractivity contribution < 1.29 is 19.4 Å². The number of benzene rings is 1. The summed E-state index contributed by atoms with van der Waals surface area (Å²) in [6, 6.07) is 4.83.